The van der Waals surface area contributed by atoms with E-state index in [0.29, 0.717) is 5.56 Å². The summed E-state index contributed by atoms with van der Waals surface area (Å²) in [5.74, 6) is -2.99. The van der Waals surface area contributed by atoms with E-state index in [1.54, 1.807) is 19.9 Å². The van der Waals surface area contributed by atoms with Crippen LogP contribution in [0.3, 0.4) is 0 Å². The van der Waals surface area contributed by atoms with E-state index >= 15 is 0 Å². The molecule has 0 aliphatic heterocycles. The van der Waals surface area contributed by atoms with Gasteiger partial charge in [-0.1, -0.05) is 33.8 Å². The van der Waals surface area contributed by atoms with Gasteiger partial charge in [0.1, 0.15) is 12.1 Å². The van der Waals surface area contributed by atoms with Crippen LogP contribution in [0, 0.1) is 11.8 Å². The molecule has 196 valence electrons. The van der Waals surface area contributed by atoms with Gasteiger partial charge in [-0.15, -0.1) is 0 Å². The molecule has 0 amide bonds. The van der Waals surface area contributed by atoms with Crippen LogP contribution < -0.4 is 15.2 Å². The van der Waals surface area contributed by atoms with E-state index in [1.807, 2.05) is 27.7 Å². The summed E-state index contributed by atoms with van der Waals surface area (Å²) in [7, 11) is 0. The molecule has 1 aromatic rings. The average Bonchev–Trinajstić information content (AvgIpc) is 2.71. The molecule has 3 atom stereocenters. The maximum Gasteiger partial charge on any atom is 0.508 e. The Morgan fingerprint density at radius 2 is 1.46 bits per heavy atom. The Morgan fingerprint density at radius 1 is 0.914 bits per heavy atom. The largest absolute Gasteiger partial charge is 0.508 e. The molecular formula is C25H37NO9. The van der Waals surface area contributed by atoms with Gasteiger partial charge < -0.3 is 29.8 Å². The second-order valence-electron chi connectivity index (χ2n) is 9.17. The lowest BCUT2D eigenvalue weighted by molar-refractivity contribution is -0.139. The molecule has 1 rings (SSSR count). The summed E-state index contributed by atoms with van der Waals surface area (Å²) in [4.78, 5) is 48.0. The van der Waals surface area contributed by atoms with E-state index in [0.717, 1.165) is 0 Å². The van der Waals surface area contributed by atoms with Gasteiger partial charge in [0.05, 0.1) is 6.61 Å². The van der Waals surface area contributed by atoms with Crippen LogP contribution in [0.2, 0.25) is 0 Å². The summed E-state index contributed by atoms with van der Waals surface area (Å²) >= 11 is 0. The van der Waals surface area contributed by atoms with Crippen molar-refractivity contribution in [1.29, 1.82) is 0 Å². The number of aliphatic carboxylic acids is 1. The number of carbonyl (C=O) groups is 4. The number of esters is 2. The molecule has 0 heterocycles. The van der Waals surface area contributed by atoms with Crippen LogP contribution in [0.15, 0.2) is 18.2 Å². The number of ether oxygens (including phenoxy) is 4. The molecule has 35 heavy (non-hydrogen) atoms. The molecule has 10 heteroatoms. The van der Waals surface area contributed by atoms with Crippen LogP contribution >= 0.6 is 0 Å². The first-order valence-electron chi connectivity index (χ1n) is 11.7. The number of benzene rings is 1. The van der Waals surface area contributed by atoms with Gasteiger partial charge in [0.25, 0.3) is 0 Å². The highest BCUT2D eigenvalue weighted by Crippen LogP contribution is 2.35. The zero-order chi connectivity index (χ0) is 26.7. The van der Waals surface area contributed by atoms with Crippen molar-refractivity contribution >= 4 is 24.1 Å². The van der Waals surface area contributed by atoms with Crippen LogP contribution in [-0.2, 0) is 23.9 Å². The number of hydrogen-bond donors (Lipinski definition) is 2. The van der Waals surface area contributed by atoms with Gasteiger partial charge in [-0.05, 0) is 49.8 Å². The lowest BCUT2D eigenvalue weighted by atomic mass is 9.87. The van der Waals surface area contributed by atoms with E-state index in [1.165, 1.54) is 12.1 Å². The molecule has 1 aromatic carbocycles. The number of carbonyl (C=O) groups excluding carboxylic acids is 3. The normalized spacial score (nSPS) is 13.6. The van der Waals surface area contributed by atoms with Crippen LogP contribution in [-0.4, -0.2) is 47.9 Å². The third-order valence-corrected chi connectivity index (χ3v) is 4.86. The Balaban J connectivity index is 3.33. The van der Waals surface area contributed by atoms with Gasteiger partial charge in [-0.2, -0.15) is 0 Å². The van der Waals surface area contributed by atoms with Crippen molar-refractivity contribution in [2.24, 2.45) is 17.6 Å². The Hall–Kier alpha value is -3.14. The highest BCUT2D eigenvalue weighted by Gasteiger charge is 2.30. The molecule has 0 fully saturated rings. The van der Waals surface area contributed by atoms with Crippen molar-refractivity contribution in [2.45, 2.75) is 78.9 Å². The Morgan fingerprint density at radius 3 is 1.94 bits per heavy atom. The number of carboxylic acid groups (broad SMARTS) is 1. The maximum atomic E-state index is 12.4. The Labute approximate surface area is 206 Å². The standard InChI is InChI=1S/C25H37NO9/c1-7-32-25(31)33-16(6)12-18(23(26)24(29)30)17-8-9-19(34-21(27)10-14(2)3)20(13-17)35-22(28)11-15(4)5/h8-9,13-16,18,23H,7,10-12,26H2,1-6H3,(H,29,30)/t16?,18?,23-/m0/s1. The third-order valence-electron chi connectivity index (χ3n) is 4.86. The quantitative estimate of drug-likeness (QED) is 0.303. The zero-order valence-corrected chi connectivity index (χ0v) is 21.2. The summed E-state index contributed by atoms with van der Waals surface area (Å²) in [6, 6.07) is 3.06. The number of nitrogens with two attached hydrogens (primary N) is 1. The van der Waals surface area contributed by atoms with Crippen LogP contribution in [0.5, 0.6) is 11.5 Å². The first kappa shape index (κ1) is 29.9. The summed E-state index contributed by atoms with van der Waals surface area (Å²) in [6.45, 7) is 10.8. The molecule has 0 aliphatic rings. The second kappa shape index (κ2) is 14.3. The SMILES string of the molecule is CCOC(=O)OC(C)CC(c1ccc(OC(=O)CC(C)C)c(OC(=O)CC(C)C)c1)[C@H](N)C(=O)O. The van der Waals surface area contributed by atoms with Crippen molar-refractivity contribution in [3.63, 3.8) is 0 Å². The van der Waals surface area contributed by atoms with E-state index in [2.05, 4.69) is 0 Å². The van der Waals surface area contributed by atoms with E-state index in [4.69, 9.17) is 24.7 Å². The van der Waals surface area contributed by atoms with Gasteiger partial charge >= 0.3 is 24.1 Å². The van der Waals surface area contributed by atoms with Crippen LogP contribution in [0.4, 0.5) is 4.79 Å². The van der Waals surface area contributed by atoms with Crippen molar-refractivity contribution in [1.82, 2.24) is 0 Å². The number of hydrogen-bond acceptors (Lipinski definition) is 9. The van der Waals surface area contributed by atoms with E-state index in [-0.39, 0.29) is 49.2 Å². The molecule has 0 saturated heterocycles. The van der Waals surface area contributed by atoms with Crippen molar-refractivity contribution < 1.29 is 43.2 Å². The molecule has 0 aromatic heterocycles. The lowest BCUT2D eigenvalue weighted by Gasteiger charge is -2.25. The highest BCUT2D eigenvalue weighted by molar-refractivity contribution is 5.77. The van der Waals surface area contributed by atoms with Crippen LogP contribution in [0.1, 0.15) is 72.3 Å². The predicted molar refractivity (Wildman–Crippen MR) is 127 cm³/mol. The van der Waals surface area contributed by atoms with E-state index < -0.39 is 42.1 Å². The predicted octanol–water partition coefficient (Wildman–Crippen LogP) is 4.04. The Kier molecular flexibility index (Phi) is 12.2. The highest BCUT2D eigenvalue weighted by atomic mass is 16.7. The van der Waals surface area contributed by atoms with E-state index in [9.17, 15) is 24.3 Å². The molecule has 0 spiro atoms. The molecule has 3 N–H and O–H groups in total. The minimum Gasteiger partial charge on any atom is -0.480 e. The minimum atomic E-state index is -1.35. The monoisotopic (exact) mass is 495 g/mol. The van der Waals surface area contributed by atoms with Crippen LogP contribution in [0.25, 0.3) is 0 Å². The first-order chi connectivity index (χ1) is 16.3. The smallest absolute Gasteiger partial charge is 0.480 e. The molecule has 2 unspecified atom stereocenters. The topological polar surface area (TPSA) is 151 Å². The molecule has 0 saturated carbocycles. The lowest BCUT2D eigenvalue weighted by Crippen LogP contribution is -2.38. The number of carboxylic acids is 1. The minimum absolute atomic E-state index is 0.0215. The molecule has 0 radical (unpaired) electrons. The fraction of sp³-hybridized carbons (Fsp3) is 0.600. The van der Waals surface area contributed by atoms with Crippen molar-refractivity contribution in [2.75, 3.05) is 6.61 Å². The van der Waals surface area contributed by atoms with Gasteiger partial charge in [-0.3, -0.25) is 14.4 Å². The molecule has 0 bridgehead atoms. The fourth-order valence-corrected chi connectivity index (χ4v) is 3.30. The number of rotatable bonds is 13. The van der Waals surface area contributed by atoms with Gasteiger partial charge in [-0.25, -0.2) is 4.79 Å². The zero-order valence-electron chi connectivity index (χ0n) is 21.2. The first-order valence-corrected chi connectivity index (χ1v) is 11.7. The third kappa shape index (κ3) is 10.8. The van der Waals surface area contributed by atoms with Gasteiger partial charge in [0.15, 0.2) is 11.5 Å². The molecule has 10 nitrogen and oxygen atoms in total. The van der Waals surface area contributed by atoms with Gasteiger partial charge in [0.2, 0.25) is 0 Å². The Bertz CT molecular complexity index is 882. The van der Waals surface area contributed by atoms with Crippen molar-refractivity contribution in [3.05, 3.63) is 23.8 Å². The van der Waals surface area contributed by atoms with Gasteiger partial charge in [0, 0.05) is 18.8 Å². The summed E-state index contributed by atoms with van der Waals surface area (Å²) in [5.41, 5.74) is 6.37. The second-order valence-corrected chi connectivity index (χ2v) is 9.17. The molecule has 0 aliphatic carbocycles. The summed E-state index contributed by atoms with van der Waals surface area (Å²) in [6.07, 6.45) is -1.25. The molecular weight excluding hydrogens is 458 g/mol. The summed E-state index contributed by atoms with van der Waals surface area (Å²) < 4.78 is 20.8. The fourth-order valence-electron chi connectivity index (χ4n) is 3.30. The summed E-state index contributed by atoms with van der Waals surface area (Å²) in [5, 5.41) is 9.55. The maximum absolute atomic E-state index is 12.4. The van der Waals surface area contributed by atoms with Crippen molar-refractivity contribution in [3.8, 4) is 11.5 Å². The average molecular weight is 496 g/mol.